The molecule has 0 aromatic heterocycles. The maximum absolute atomic E-state index is 12.1. The summed E-state index contributed by atoms with van der Waals surface area (Å²) >= 11 is 0. The lowest BCUT2D eigenvalue weighted by Gasteiger charge is -2.40. The molecule has 0 bridgehead atoms. The summed E-state index contributed by atoms with van der Waals surface area (Å²) in [5.41, 5.74) is 0.296. The molecular formula is C15H12O5. The second-order valence-corrected chi connectivity index (χ2v) is 5.62. The number of hydrogen-bond donors (Lipinski definition) is 1. The lowest BCUT2D eigenvalue weighted by molar-refractivity contribution is -0.142. The van der Waals surface area contributed by atoms with Crippen molar-refractivity contribution < 1.29 is 24.2 Å². The maximum Gasteiger partial charge on any atom is 0.313 e. The summed E-state index contributed by atoms with van der Waals surface area (Å²) in [6.45, 7) is 0. The molecule has 102 valence electrons. The number of rotatable bonds is 0. The first-order valence-corrected chi connectivity index (χ1v) is 6.65. The zero-order valence-electron chi connectivity index (χ0n) is 10.5. The molecule has 20 heavy (non-hydrogen) atoms. The number of esters is 1. The number of carbonyl (C=O) groups excluding carboxylic acids is 3. The molecule has 4 aliphatic rings. The lowest BCUT2D eigenvalue weighted by atomic mass is 9.63. The summed E-state index contributed by atoms with van der Waals surface area (Å²) in [5, 5.41) is 10.5. The van der Waals surface area contributed by atoms with Crippen molar-refractivity contribution in [1.29, 1.82) is 0 Å². The Morgan fingerprint density at radius 2 is 1.80 bits per heavy atom. The molecular weight excluding hydrogens is 260 g/mol. The second kappa shape index (κ2) is 3.76. The van der Waals surface area contributed by atoms with Crippen LogP contribution in [-0.2, 0) is 19.1 Å². The average Bonchev–Trinajstić information content (AvgIpc) is 2.77. The number of carbonyl (C=O) groups is 3. The minimum atomic E-state index is -1.01. The third-order valence-electron chi connectivity index (χ3n) is 4.72. The number of hydrogen-bond acceptors (Lipinski definition) is 5. The highest BCUT2D eigenvalue weighted by atomic mass is 16.6. The normalized spacial score (nSPS) is 41.6. The highest BCUT2D eigenvalue weighted by Gasteiger charge is 2.57. The van der Waals surface area contributed by atoms with Crippen LogP contribution in [0.4, 0.5) is 0 Å². The fourth-order valence-electron chi connectivity index (χ4n) is 3.86. The minimum absolute atomic E-state index is 0.118. The van der Waals surface area contributed by atoms with E-state index in [0.717, 1.165) is 0 Å². The van der Waals surface area contributed by atoms with E-state index >= 15 is 0 Å². The van der Waals surface area contributed by atoms with Gasteiger partial charge in [-0.05, 0) is 18.6 Å². The van der Waals surface area contributed by atoms with E-state index in [2.05, 4.69) is 0 Å². The largest absolute Gasteiger partial charge is 0.457 e. The van der Waals surface area contributed by atoms with Crippen molar-refractivity contribution in [2.24, 2.45) is 17.8 Å². The fourth-order valence-corrected chi connectivity index (χ4v) is 3.86. The first-order valence-electron chi connectivity index (χ1n) is 6.65. The summed E-state index contributed by atoms with van der Waals surface area (Å²) < 4.78 is 5.35. The van der Waals surface area contributed by atoms with Gasteiger partial charge in [0.05, 0.1) is 12.0 Å². The molecule has 1 N–H and O–H groups in total. The predicted molar refractivity (Wildman–Crippen MR) is 66.3 cm³/mol. The van der Waals surface area contributed by atoms with Crippen molar-refractivity contribution in [3.8, 4) is 0 Å². The van der Waals surface area contributed by atoms with Crippen LogP contribution in [-0.4, -0.2) is 34.9 Å². The van der Waals surface area contributed by atoms with Crippen molar-refractivity contribution in [3.63, 3.8) is 0 Å². The van der Waals surface area contributed by atoms with Crippen LogP contribution in [0.15, 0.2) is 35.5 Å². The Balaban J connectivity index is 1.92. The molecule has 3 aliphatic carbocycles. The van der Waals surface area contributed by atoms with E-state index in [4.69, 9.17) is 4.74 Å². The molecule has 0 radical (unpaired) electrons. The molecule has 5 heteroatoms. The zero-order valence-corrected chi connectivity index (χ0v) is 10.5. The predicted octanol–water partition coefficient (Wildman–Crippen LogP) is 0.0994. The van der Waals surface area contributed by atoms with E-state index in [9.17, 15) is 19.5 Å². The molecule has 0 spiro atoms. The molecule has 0 amide bonds. The first kappa shape index (κ1) is 11.8. The van der Waals surface area contributed by atoms with Gasteiger partial charge in [0.1, 0.15) is 6.10 Å². The average molecular weight is 272 g/mol. The Labute approximate surface area is 114 Å². The second-order valence-electron chi connectivity index (χ2n) is 5.62. The third kappa shape index (κ3) is 1.28. The number of allylic oxidation sites excluding steroid dienone is 3. The molecule has 1 saturated heterocycles. The van der Waals surface area contributed by atoms with Crippen molar-refractivity contribution >= 4 is 17.5 Å². The summed E-state index contributed by atoms with van der Waals surface area (Å²) in [4.78, 5) is 36.0. The Hall–Kier alpha value is -2.01. The van der Waals surface area contributed by atoms with E-state index in [0.29, 0.717) is 6.42 Å². The van der Waals surface area contributed by atoms with E-state index in [-0.39, 0.29) is 40.5 Å². The van der Waals surface area contributed by atoms with E-state index in [1.54, 1.807) is 6.08 Å². The first-order chi connectivity index (χ1) is 9.59. The molecule has 4 rings (SSSR count). The third-order valence-corrected chi connectivity index (χ3v) is 4.72. The molecule has 1 aliphatic heterocycles. The smallest absolute Gasteiger partial charge is 0.313 e. The van der Waals surface area contributed by atoms with Crippen LogP contribution in [0.2, 0.25) is 0 Å². The van der Waals surface area contributed by atoms with Gasteiger partial charge in [0.2, 0.25) is 0 Å². The van der Waals surface area contributed by atoms with Gasteiger partial charge in [0, 0.05) is 23.0 Å². The van der Waals surface area contributed by atoms with Crippen LogP contribution in [0.1, 0.15) is 6.42 Å². The maximum atomic E-state index is 12.1. The van der Waals surface area contributed by atoms with Gasteiger partial charge in [0.25, 0.3) is 0 Å². The van der Waals surface area contributed by atoms with Gasteiger partial charge in [0.15, 0.2) is 11.6 Å². The molecule has 5 atom stereocenters. The molecule has 1 heterocycles. The number of aliphatic hydroxyl groups excluding tert-OH is 1. The van der Waals surface area contributed by atoms with Gasteiger partial charge in [-0.15, -0.1) is 0 Å². The number of ether oxygens (including phenoxy) is 1. The van der Waals surface area contributed by atoms with Crippen LogP contribution in [0, 0.1) is 17.8 Å². The van der Waals surface area contributed by atoms with E-state index in [1.165, 1.54) is 12.2 Å². The van der Waals surface area contributed by atoms with Crippen molar-refractivity contribution in [1.82, 2.24) is 0 Å². The minimum Gasteiger partial charge on any atom is -0.457 e. The molecule has 0 saturated carbocycles. The van der Waals surface area contributed by atoms with Gasteiger partial charge in [-0.25, -0.2) is 0 Å². The van der Waals surface area contributed by atoms with Crippen LogP contribution < -0.4 is 0 Å². The Bertz CT molecular complexity index is 639. The molecule has 5 nitrogen and oxygen atoms in total. The zero-order chi connectivity index (χ0) is 14.0. The van der Waals surface area contributed by atoms with Crippen LogP contribution in [0.25, 0.3) is 0 Å². The Morgan fingerprint density at radius 1 is 1.10 bits per heavy atom. The molecule has 0 aromatic carbocycles. The van der Waals surface area contributed by atoms with Crippen molar-refractivity contribution in [2.45, 2.75) is 18.6 Å². The van der Waals surface area contributed by atoms with Gasteiger partial charge < -0.3 is 9.84 Å². The number of aliphatic hydroxyl groups is 1. The monoisotopic (exact) mass is 272 g/mol. The van der Waals surface area contributed by atoms with Gasteiger partial charge in [-0.3, -0.25) is 14.4 Å². The summed E-state index contributed by atoms with van der Waals surface area (Å²) in [6.07, 6.45) is 4.88. The SMILES string of the molecule is O=C1C=CC(=O)C2=C1C1OC(=O)C3C=CCC(C31)[C@@H]2O. The summed E-state index contributed by atoms with van der Waals surface area (Å²) in [5.74, 6) is -1.99. The summed E-state index contributed by atoms with van der Waals surface area (Å²) in [6, 6.07) is 0. The van der Waals surface area contributed by atoms with Crippen LogP contribution >= 0.6 is 0 Å². The number of fused-ring (bicyclic) bond motifs is 1. The topological polar surface area (TPSA) is 80.7 Å². The highest BCUT2D eigenvalue weighted by molar-refractivity contribution is 6.21. The quantitative estimate of drug-likeness (QED) is 0.384. The summed E-state index contributed by atoms with van der Waals surface area (Å²) in [7, 11) is 0. The van der Waals surface area contributed by atoms with Gasteiger partial charge in [-0.1, -0.05) is 12.2 Å². The van der Waals surface area contributed by atoms with Crippen molar-refractivity contribution in [2.75, 3.05) is 0 Å². The Morgan fingerprint density at radius 3 is 2.55 bits per heavy atom. The van der Waals surface area contributed by atoms with E-state index in [1.807, 2.05) is 6.08 Å². The van der Waals surface area contributed by atoms with Gasteiger partial charge >= 0.3 is 5.97 Å². The highest BCUT2D eigenvalue weighted by Crippen LogP contribution is 2.50. The molecule has 4 unspecified atom stereocenters. The van der Waals surface area contributed by atoms with Crippen LogP contribution in [0.5, 0.6) is 0 Å². The lowest BCUT2D eigenvalue weighted by Crippen LogP contribution is -2.47. The molecule has 0 aromatic rings. The van der Waals surface area contributed by atoms with Crippen molar-refractivity contribution in [3.05, 3.63) is 35.5 Å². The molecule has 1 fully saturated rings. The number of ketones is 2. The fraction of sp³-hybridized carbons (Fsp3) is 0.400. The Kier molecular flexibility index (Phi) is 2.22. The van der Waals surface area contributed by atoms with Crippen LogP contribution in [0.3, 0.4) is 0 Å². The standard InChI is InChI=1S/C15H12O5/c16-8-4-5-9(17)12-11(8)13(18)6-2-1-3-7-10(6)14(12)20-15(7)19/h1,3-7,10,13-14,18H,2H2/t6?,7?,10?,13-,14?/m0/s1. The van der Waals surface area contributed by atoms with Gasteiger partial charge in [-0.2, -0.15) is 0 Å². The van der Waals surface area contributed by atoms with E-state index < -0.39 is 18.1 Å².